The van der Waals surface area contributed by atoms with Gasteiger partial charge in [-0.3, -0.25) is 0 Å². The number of aryl methyl sites for hydroxylation is 3. The van der Waals surface area contributed by atoms with Gasteiger partial charge >= 0.3 is 6.61 Å². The molecule has 0 unspecified atom stereocenters. The Morgan fingerprint density at radius 3 is 2.15 bits per heavy atom. The number of ether oxygens (including phenoxy) is 1. The maximum absolute atomic E-state index is 15.3. The van der Waals surface area contributed by atoms with Crippen LogP contribution < -0.4 is 4.74 Å². The third-order valence-electron chi connectivity index (χ3n) is 8.52. The van der Waals surface area contributed by atoms with Crippen LogP contribution in [0.1, 0.15) is 94.2 Å². The van der Waals surface area contributed by atoms with Crippen LogP contribution in [-0.4, -0.2) is 6.61 Å². The van der Waals surface area contributed by atoms with E-state index < -0.39 is 18.2 Å². The minimum Gasteiger partial charge on any atom is -0.432 e. The van der Waals surface area contributed by atoms with Crippen molar-refractivity contribution >= 4 is 10.8 Å². The predicted molar refractivity (Wildman–Crippen MR) is 151 cm³/mol. The molecule has 0 aromatic heterocycles. The maximum Gasteiger partial charge on any atom is 0.387 e. The van der Waals surface area contributed by atoms with Crippen LogP contribution in [0, 0.1) is 23.5 Å². The van der Waals surface area contributed by atoms with Gasteiger partial charge < -0.3 is 4.74 Å². The second-order valence-corrected chi connectivity index (χ2v) is 11.4. The van der Waals surface area contributed by atoms with Crippen molar-refractivity contribution in [2.24, 2.45) is 11.8 Å². The lowest BCUT2D eigenvalue weighted by atomic mass is 9.77. The van der Waals surface area contributed by atoms with Crippen molar-refractivity contribution < 1.29 is 22.3 Å². The lowest BCUT2D eigenvalue weighted by Crippen LogP contribution is -2.15. The molecule has 0 spiro atoms. The molecule has 0 radical (unpaired) electrons. The summed E-state index contributed by atoms with van der Waals surface area (Å²) < 4.78 is 58.1. The van der Waals surface area contributed by atoms with E-state index in [1.165, 1.54) is 94.4 Å². The van der Waals surface area contributed by atoms with Gasteiger partial charge in [-0.15, -0.1) is 0 Å². The second kappa shape index (κ2) is 14.7. The summed E-state index contributed by atoms with van der Waals surface area (Å²) in [4.78, 5) is 0. The zero-order valence-corrected chi connectivity index (χ0v) is 23.2. The summed E-state index contributed by atoms with van der Waals surface area (Å²) in [5.41, 5.74) is 2.42. The molecule has 1 aliphatic carbocycles. The van der Waals surface area contributed by atoms with Crippen LogP contribution in [-0.2, 0) is 19.3 Å². The average Bonchev–Trinajstić information content (AvgIpc) is 2.93. The number of halogens is 4. The number of hydrogen-bond acceptors (Lipinski definition) is 1. The summed E-state index contributed by atoms with van der Waals surface area (Å²) in [5, 5.41) is 1.50. The minimum atomic E-state index is -3.08. The zero-order valence-electron chi connectivity index (χ0n) is 23.2. The first-order chi connectivity index (χ1) is 18.9. The molecule has 0 atom stereocenters. The molecule has 39 heavy (non-hydrogen) atoms. The van der Waals surface area contributed by atoms with Gasteiger partial charge in [0.1, 0.15) is 5.82 Å². The van der Waals surface area contributed by atoms with E-state index in [1.54, 1.807) is 6.07 Å². The molecule has 0 saturated heterocycles. The van der Waals surface area contributed by atoms with Crippen LogP contribution in [0.3, 0.4) is 0 Å². The summed E-state index contributed by atoms with van der Waals surface area (Å²) in [5.74, 6) is 0.160. The molecule has 1 fully saturated rings. The Morgan fingerprint density at radius 2 is 1.44 bits per heavy atom. The van der Waals surface area contributed by atoms with Crippen LogP contribution in [0.15, 0.2) is 48.5 Å². The Balaban J connectivity index is 1.26. The van der Waals surface area contributed by atoms with Gasteiger partial charge in [0, 0.05) is 5.39 Å². The van der Waals surface area contributed by atoms with E-state index in [1.807, 2.05) is 18.2 Å². The van der Waals surface area contributed by atoms with Crippen molar-refractivity contribution in [3.05, 3.63) is 76.9 Å². The molecule has 5 heteroatoms. The summed E-state index contributed by atoms with van der Waals surface area (Å²) in [6.07, 6.45) is 16.7. The van der Waals surface area contributed by atoms with E-state index in [0.717, 1.165) is 23.6 Å². The molecule has 1 nitrogen and oxygen atoms in total. The number of hydrogen-bond donors (Lipinski definition) is 0. The van der Waals surface area contributed by atoms with Crippen LogP contribution in [0.5, 0.6) is 5.75 Å². The van der Waals surface area contributed by atoms with Gasteiger partial charge in [0.25, 0.3) is 0 Å². The smallest absolute Gasteiger partial charge is 0.387 e. The monoisotopic (exact) mass is 542 g/mol. The number of alkyl halides is 2. The van der Waals surface area contributed by atoms with Crippen molar-refractivity contribution in [1.82, 2.24) is 0 Å². The average molecular weight is 543 g/mol. The molecular formula is C34H42F4O. The Hall–Kier alpha value is -2.56. The maximum atomic E-state index is 15.3. The first kappa shape index (κ1) is 29.4. The fraction of sp³-hybridized carbons (Fsp3) is 0.529. The van der Waals surface area contributed by atoms with E-state index in [2.05, 4.69) is 17.7 Å². The molecule has 0 heterocycles. The largest absolute Gasteiger partial charge is 0.432 e. The molecule has 1 saturated carbocycles. The van der Waals surface area contributed by atoms with Crippen LogP contribution in [0.2, 0.25) is 0 Å². The van der Waals surface area contributed by atoms with Crippen molar-refractivity contribution in [2.45, 2.75) is 103 Å². The topological polar surface area (TPSA) is 9.23 Å². The normalized spacial score (nSPS) is 17.7. The summed E-state index contributed by atoms with van der Waals surface area (Å²) in [6, 6.07) is 13.7. The quantitative estimate of drug-likeness (QED) is 0.145. The molecule has 212 valence electrons. The Labute approximate surface area is 231 Å². The highest BCUT2D eigenvalue weighted by Gasteiger charge is 2.21. The molecule has 3 aromatic rings. The molecule has 1 aliphatic rings. The highest BCUT2D eigenvalue weighted by atomic mass is 19.3. The first-order valence-corrected chi connectivity index (χ1v) is 14.9. The van der Waals surface area contributed by atoms with Gasteiger partial charge in [-0.2, -0.15) is 8.78 Å². The standard InChI is InChI=1S/C34H42F4O/c1-2-3-4-5-6-7-24-8-10-25(11-9-24)12-13-26-15-20-30-29(22-26)19-18-28(33(30)36)17-14-27-16-21-32(31(35)23-27)39-34(37)38/h15-16,18-25,34H,2-14,17H2,1H3. The van der Waals surface area contributed by atoms with Crippen molar-refractivity contribution in [1.29, 1.82) is 0 Å². The van der Waals surface area contributed by atoms with Gasteiger partial charge in [0.2, 0.25) is 0 Å². The minimum absolute atomic E-state index is 0.245. The first-order valence-electron chi connectivity index (χ1n) is 14.9. The van der Waals surface area contributed by atoms with E-state index in [-0.39, 0.29) is 5.82 Å². The van der Waals surface area contributed by atoms with E-state index in [0.29, 0.717) is 29.4 Å². The second-order valence-electron chi connectivity index (χ2n) is 11.4. The van der Waals surface area contributed by atoms with Gasteiger partial charge in [-0.25, -0.2) is 8.78 Å². The van der Waals surface area contributed by atoms with E-state index in [4.69, 9.17) is 0 Å². The van der Waals surface area contributed by atoms with Crippen LogP contribution in [0.4, 0.5) is 17.6 Å². The van der Waals surface area contributed by atoms with Gasteiger partial charge in [0.15, 0.2) is 11.6 Å². The molecule has 0 bridgehead atoms. The Bertz CT molecular complexity index is 1180. The Kier molecular flexibility index (Phi) is 11.1. The summed E-state index contributed by atoms with van der Waals surface area (Å²) in [6.45, 7) is -0.809. The predicted octanol–water partition coefficient (Wildman–Crippen LogP) is 10.6. The van der Waals surface area contributed by atoms with E-state index in [9.17, 15) is 13.2 Å². The van der Waals surface area contributed by atoms with E-state index >= 15 is 4.39 Å². The lowest BCUT2D eigenvalue weighted by molar-refractivity contribution is -0.0522. The van der Waals surface area contributed by atoms with Gasteiger partial charge in [0.05, 0.1) is 0 Å². The van der Waals surface area contributed by atoms with Gasteiger partial charge in [-0.05, 0) is 71.7 Å². The molecule has 0 N–H and O–H groups in total. The Morgan fingerprint density at radius 1 is 0.744 bits per heavy atom. The third-order valence-corrected chi connectivity index (χ3v) is 8.52. The number of rotatable bonds is 14. The van der Waals surface area contributed by atoms with Crippen molar-refractivity contribution in [2.75, 3.05) is 0 Å². The number of unbranched alkanes of at least 4 members (excludes halogenated alkanes) is 4. The molecule has 0 amide bonds. The summed E-state index contributed by atoms with van der Waals surface area (Å²) >= 11 is 0. The number of fused-ring (bicyclic) bond motifs is 1. The fourth-order valence-electron chi connectivity index (χ4n) is 6.12. The molecular weight excluding hydrogens is 500 g/mol. The van der Waals surface area contributed by atoms with Gasteiger partial charge in [-0.1, -0.05) is 108 Å². The van der Waals surface area contributed by atoms with Crippen LogP contribution in [0.25, 0.3) is 10.8 Å². The highest BCUT2D eigenvalue weighted by molar-refractivity contribution is 5.84. The summed E-state index contributed by atoms with van der Waals surface area (Å²) in [7, 11) is 0. The molecule has 3 aromatic carbocycles. The fourth-order valence-corrected chi connectivity index (χ4v) is 6.12. The molecule has 0 aliphatic heterocycles. The van der Waals surface area contributed by atoms with Crippen LogP contribution >= 0.6 is 0 Å². The SMILES string of the molecule is CCCCCCCC1CCC(CCc2ccc3c(F)c(CCc4ccc(OC(F)F)c(F)c4)ccc3c2)CC1. The lowest BCUT2D eigenvalue weighted by Gasteiger charge is -2.28. The van der Waals surface area contributed by atoms with Crippen molar-refractivity contribution in [3.63, 3.8) is 0 Å². The molecule has 4 rings (SSSR count). The zero-order chi connectivity index (χ0) is 27.6. The third kappa shape index (κ3) is 8.71. The highest BCUT2D eigenvalue weighted by Crippen LogP contribution is 2.35. The van der Waals surface area contributed by atoms with Crippen molar-refractivity contribution in [3.8, 4) is 5.75 Å². The number of benzene rings is 3.